The van der Waals surface area contributed by atoms with E-state index >= 15 is 0 Å². The average Bonchev–Trinajstić information content (AvgIpc) is 2.55. The fraction of sp³-hybridized carbons (Fsp3) is 0.500. The molecule has 0 atom stereocenters. The second-order valence-corrected chi connectivity index (χ2v) is 5.28. The lowest BCUT2D eigenvalue weighted by molar-refractivity contribution is -0.227. The summed E-state index contributed by atoms with van der Waals surface area (Å²) in [4.78, 5) is 0. The summed E-state index contributed by atoms with van der Waals surface area (Å²) in [5, 5.41) is 19.8. The molecular weight excluding hydrogens is 256 g/mol. The fourth-order valence-corrected chi connectivity index (χ4v) is 2.93. The van der Waals surface area contributed by atoms with Crippen LogP contribution in [0, 0.1) is 5.41 Å². The van der Waals surface area contributed by atoms with E-state index in [-0.39, 0.29) is 13.2 Å². The molecule has 20 heavy (non-hydrogen) atoms. The normalized spacial score (nSPS) is 20.5. The summed E-state index contributed by atoms with van der Waals surface area (Å²) in [5.74, 6) is -0.788. The average molecular weight is 278 g/mol. The zero-order chi connectivity index (χ0) is 14.6. The summed E-state index contributed by atoms with van der Waals surface area (Å²) in [6.45, 7) is -0.308. The zero-order valence-corrected chi connectivity index (χ0v) is 12.0. The summed E-state index contributed by atoms with van der Waals surface area (Å²) >= 11 is 0. The molecule has 0 aromatic heterocycles. The van der Waals surface area contributed by atoms with Gasteiger partial charge in [-0.1, -0.05) is 36.4 Å². The van der Waals surface area contributed by atoms with E-state index in [2.05, 4.69) is 0 Å². The van der Waals surface area contributed by atoms with Crippen LogP contribution in [0.5, 0.6) is 0 Å². The fourth-order valence-electron chi connectivity index (χ4n) is 2.93. The molecule has 2 rings (SSSR count). The number of aliphatic hydroxyl groups is 2. The minimum absolute atomic E-state index is 0.154. The minimum Gasteiger partial charge on any atom is -0.395 e. The molecule has 0 saturated heterocycles. The molecule has 1 aliphatic rings. The second kappa shape index (κ2) is 6.06. The third-order valence-electron chi connectivity index (χ3n) is 4.23. The molecule has 0 unspecified atom stereocenters. The van der Waals surface area contributed by atoms with Gasteiger partial charge in [0, 0.05) is 32.5 Å². The highest BCUT2D eigenvalue weighted by Crippen LogP contribution is 2.47. The van der Waals surface area contributed by atoms with Gasteiger partial charge in [0.15, 0.2) is 5.79 Å². The van der Waals surface area contributed by atoms with Gasteiger partial charge in [-0.2, -0.15) is 0 Å². The van der Waals surface area contributed by atoms with Gasteiger partial charge in [-0.05, 0) is 11.1 Å². The van der Waals surface area contributed by atoms with Gasteiger partial charge in [-0.25, -0.2) is 0 Å². The van der Waals surface area contributed by atoms with Crippen molar-refractivity contribution in [1.82, 2.24) is 0 Å². The maximum absolute atomic E-state index is 9.88. The standard InChI is InChI=1S/C16H22O4/c1-19-16(20-2)9-8-14(13-6-4-3-5-7-13)15(10-16,11-17)12-18/h3-8,17-18H,9-12H2,1-2H3. The highest BCUT2D eigenvalue weighted by Gasteiger charge is 2.47. The topological polar surface area (TPSA) is 58.9 Å². The smallest absolute Gasteiger partial charge is 0.171 e. The number of aliphatic hydroxyl groups excluding tert-OH is 2. The maximum atomic E-state index is 9.88. The molecule has 0 fully saturated rings. The first kappa shape index (κ1) is 15.2. The first-order valence-electron chi connectivity index (χ1n) is 6.73. The van der Waals surface area contributed by atoms with Gasteiger partial charge in [0.25, 0.3) is 0 Å². The van der Waals surface area contributed by atoms with E-state index in [1.807, 2.05) is 36.4 Å². The predicted octanol–water partition coefficient (Wildman–Crippen LogP) is 1.82. The maximum Gasteiger partial charge on any atom is 0.171 e. The van der Waals surface area contributed by atoms with Gasteiger partial charge < -0.3 is 19.7 Å². The van der Waals surface area contributed by atoms with Gasteiger partial charge in [-0.3, -0.25) is 0 Å². The molecule has 0 radical (unpaired) electrons. The Kier molecular flexibility index (Phi) is 4.60. The second-order valence-electron chi connectivity index (χ2n) is 5.28. The van der Waals surface area contributed by atoms with Crippen LogP contribution in [0.1, 0.15) is 18.4 Å². The summed E-state index contributed by atoms with van der Waals surface area (Å²) in [5.41, 5.74) is 1.20. The SMILES string of the molecule is COC1(OC)CC=C(c2ccccc2)C(CO)(CO)C1. The number of ether oxygens (including phenoxy) is 2. The molecule has 4 heteroatoms. The van der Waals surface area contributed by atoms with Gasteiger partial charge in [0.1, 0.15) is 0 Å². The van der Waals surface area contributed by atoms with Crippen molar-refractivity contribution >= 4 is 5.57 Å². The quantitative estimate of drug-likeness (QED) is 0.807. The molecule has 1 aromatic carbocycles. The van der Waals surface area contributed by atoms with E-state index in [1.165, 1.54) is 0 Å². The van der Waals surface area contributed by atoms with Gasteiger partial charge in [0.2, 0.25) is 0 Å². The van der Waals surface area contributed by atoms with Crippen LogP contribution in [0.15, 0.2) is 36.4 Å². The lowest BCUT2D eigenvalue weighted by Crippen LogP contribution is -2.47. The van der Waals surface area contributed by atoms with Crippen molar-refractivity contribution in [1.29, 1.82) is 0 Å². The Balaban J connectivity index is 2.47. The van der Waals surface area contributed by atoms with E-state index in [4.69, 9.17) is 9.47 Å². The first-order valence-corrected chi connectivity index (χ1v) is 6.73. The molecular formula is C16H22O4. The Labute approximate surface area is 119 Å². The third-order valence-corrected chi connectivity index (χ3v) is 4.23. The number of rotatable bonds is 5. The molecule has 1 aromatic rings. The van der Waals surface area contributed by atoms with Crippen molar-refractivity contribution in [2.45, 2.75) is 18.6 Å². The molecule has 110 valence electrons. The Morgan fingerprint density at radius 1 is 1.05 bits per heavy atom. The van der Waals surface area contributed by atoms with Crippen molar-refractivity contribution in [3.63, 3.8) is 0 Å². The number of hydrogen-bond donors (Lipinski definition) is 2. The number of hydrogen-bond acceptors (Lipinski definition) is 4. The molecule has 0 bridgehead atoms. The predicted molar refractivity (Wildman–Crippen MR) is 77.0 cm³/mol. The first-order chi connectivity index (χ1) is 9.65. The molecule has 2 N–H and O–H groups in total. The highest BCUT2D eigenvalue weighted by molar-refractivity contribution is 5.71. The Bertz CT molecular complexity index is 459. The molecule has 0 spiro atoms. The molecule has 0 saturated carbocycles. The number of benzene rings is 1. The summed E-state index contributed by atoms with van der Waals surface area (Å²) in [6.07, 6.45) is 3.00. The van der Waals surface area contributed by atoms with Crippen LogP contribution >= 0.6 is 0 Å². The van der Waals surface area contributed by atoms with Gasteiger partial charge in [-0.15, -0.1) is 0 Å². The molecule has 0 aliphatic heterocycles. The lowest BCUT2D eigenvalue weighted by atomic mass is 9.69. The van der Waals surface area contributed by atoms with Crippen molar-refractivity contribution in [2.24, 2.45) is 5.41 Å². The Hall–Kier alpha value is -1.20. The molecule has 4 nitrogen and oxygen atoms in total. The molecule has 0 heterocycles. The van der Waals surface area contributed by atoms with Crippen LogP contribution in [0.3, 0.4) is 0 Å². The van der Waals surface area contributed by atoms with Gasteiger partial charge in [0.05, 0.1) is 13.2 Å². The number of methoxy groups -OCH3 is 2. The van der Waals surface area contributed by atoms with E-state index in [0.717, 1.165) is 11.1 Å². The summed E-state index contributed by atoms with van der Waals surface area (Å²) in [6, 6.07) is 9.81. The van der Waals surface area contributed by atoms with E-state index < -0.39 is 11.2 Å². The van der Waals surface area contributed by atoms with Crippen molar-refractivity contribution in [2.75, 3.05) is 27.4 Å². The summed E-state index contributed by atoms with van der Waals surface area (Å²) in [7, 11) is 3.18. The Morgan fingerprint density at radius 2 is 1.65 bits per heavy atom. The monoisotopic (exact) mass is 278 g/mol. The van der Waals surface area contributed by atoms with E-state index in [1.54, 1.807) is 14.2 Å². The van der Waals surface area contributed by atoms with Crippen LogP contribution in [-0.2, 0) is 9.47 Å². The largest absolute Gasteiger partial charge is 0.395 e. The molecule has 1 aliphatic carbocycles. The van der Waals surface area contributed by atoms with Crippen molar-refractivity contribution in [3.8, 4) is 0 Å². The zero-order valence-electron chi connectivity index (χ0n) is 12.0. The van der Waals surface area contributed by atoms with Crippen LogP contribution in [0.2, 0.25) is 0 Å². The summed E-state index contributed by atoms with van der Waals surface area (Å²) < 4.78 is 11.0. The van der Waals surface area contributed by atoms with Gasteiger partial charge >= 0.3 is 0 Å². The van der Waals surface area contributed by atoms with Crippen molar-refractivity contribution in [3.05, 3.63) is 42.0 Å². The van der Waals surface area contributed by atoms with Crippen LogP contribution < -0.4 is 0 Å². The lowest BCUT2D eigenvalue weighted by Gasteiger charge is -2.45. The molecule has 0 amide bonds. The van der Waals surface area contributed by atoms with Crippen LogP contribution in [0.25, 0.3) is 5.57 Å². The van der Waals surface area contributed by atoms with Crippen molar-refractivity contribution < 1.29 is 19.7 Å². The van der Waals surface area contributed by atoms with Crippen LogP contribution in [0.4, 0.5) is 0 Å². The third kappa shape index (κ3) is 2.52. The highest BCUT2D eigenvalue weighted by atomic mass is 16.7. The Morgan fingerprint density at radius 3 is 2.15 bits per heavy atom. The minimum atomic E-state index is -0.788. The van der Waals surface area contributed by atoms with Crippen LogP contribution in [-0.4, -0.2) is 43.4 Å². The van der Waals surface area contributed by atoms with E-state index in [0.29, 0.717) is 12.8 Å². The van der Waals surface area contributed by atoms with E-state index in [9.17, 15) is 10.2 Å².